The summed E-state index contributed by atoms with van der Waals surface area (Å²) in [7, 11) is 0. The van der Waals surface area contributed by atoms with E-state index >= 15 is 0 Å². The average Bonchev–Trinajstić information content (AvgIpc) is 3.35. The van der Waals surface area contributed by atoms with E-state index in [0.29, 0.717) is 65.1 Å². The smallest absolute Gasteiger partial charge is 0.256 e. The van der Waals surface area contributed by atoms with Gasteiger partial charge in [-0.15, -0.1) is 0 Å². The largest absolute Gasteiger partial charge is 0.390 e. The van der Waals surface area contributed by atoms with Crippen molar-refractivity contribution in [3.05, 3.63) is 99.5 Å². The van der Waals surface area contributed by atoms with Crippen LogP contribution in [0.4, 0.5) is 5.69 Å². The maximum atomic E-state index is 13.5. The molecular weight excluding hydrogens is 539 g/mol. The van der Waals surface area contributed by atoms with Crippen LogP contribution < -0.4 is 5.32 Å². The molecule has 39 heavy (non-hydrogen) atoms. The lowest BCUT2D eigenvalue weighted by molar-refractivity contribution is 0.0376. The second-order valence-corrected chi connectivity index (χ2v) is 10.6. The molecule has 0 unspecified atom stereocenters. The molecule has 5 rings (SSSR count). The summed E-state index contributed by atoms with van der Waals surface area (Å²) in [6.45, 7) is 2.71. The minimum Gasteiger partial charge on any atom is -0.390 e. The number of nitrogens with one attached hydrogen (secondary N) is 1. The van der Waals surface area contributed by atoms with E-state index < -0.39 is 6.10 Å². The van der Waals surface area contributed by atoms with Crippen LogP contribution in [0.15, 0.2) is 72.8 Å². The lowest BCUT2D eigenvalue weighted by Gasteiger charge is -2.38. The Morgan fingerprint density at radius 2 is 1.41 bits per heavy atom. The Kier molecular flexibility index (Phi) is 8.18. The number of aliphatic hydroxyl groups excluding tert-OH is 1. The lowest BCUT2D eigenvalue weighted by atomic mass is 10.1. The van der Waals surface area contributed by atoms with E-state index in [2.05, 4.69) is 10.2 Å². The van der Waals surface area contributed by atoms with Crippen LogP contribution in [0.25, 0.3) is 0 Å². The van der Waals surface area contributed by atoms with Crippen molar-refractivity contribution in [3.8, 4) is 0 Å². The Bertz CT molecular complexity index is 1360. The summed E-state index contributed by atoms with van der Waals surface area (Å²) < 4.78 is 0. The molecule has 3 amide bonds. The van der Waals surface area contributed by atoms with Crippen molar-refractivity contribution < 1.29 is 19.5 Å². The second-order valence-electron chi connectivity index (χ2n) is 9.69. The average molecular weight is 567 g/mol. The van der Waals surface area contributed by atoms with E-state index in [1.165, 1.54) is 0 Å². The molecular formula is C29H28Cl2N4O4. The van der Waals surface area contributed by atoms with Gasteiger partial charge in [-0.3, -0.25) is 19.3 Å². The first-order valence-electron chi connectivity index (χ1n) is 12.7. The predicted molar refractivity (Wildman–Crippen MR) is 150 cm³/mol. The van der Waals surface area contributed by atoms with Crippen LogP contribution in [0.5, 0.6) is 0 Å². The number of rotatable bonds is 5. The maximum absolute atomic E-state index is 13.5. The Balaban J connectivity index is 1.23. The summed E-state index contributed by atoms with van der Waals surface area (Å²) >= 11 is 12.1. The third kappa shape index (κ3) is 6.09. The highest BCUT2D eigenvalue weighted by Crippen LogP contribution is 2.27. The molecule has 0 aliphatic carbocycles. The quantitative estimate of drug-likeness (QED) is 0.488. The van der Waals surface area contributed by atoms with Gasteiger partial charge in [0.25, 0.3) is 17.7 Å². The van der Waals surface area contributed by atoms with E-state index in [1.807, 2.05) is 6.07 Å². The number of nitrogens with zero attached hydrogens (tertiary/aromatic N) is 3. The molecule has 2 aliphatic rings. The third-order valence-electron chi connectivity index (χ3n) is 7.20. The monoisotopic (exact) mass is 566 g/mol. The molecule has 0 bridgehead atoms. The number of benzene rings is 3. The van der Waals surface area contributed by atoms with Gasteiger partial charge in [-0.2, -0.15) is 0 Å². The molecule has 3 aromatic carbocycles. The number of carbonyl (C=O) groups excluding carboxylic acids is 3. The van der Waals surface area contributed by atoms with Crippen LogP contribution in [0.3, 0.4) is 0 Å². The highest BCUT2D eigenvalue weighted by Gasteiger charge is 2.39. The number of anilines is 1. The number of likely N-dealkylation sites (tertiary alicyclic amines) is 1. The fourth-order valence-corrected chi connectivity index (χ4v) is 5.38. The van der Waals surface area contributed by atoms with Crippen molar-refractivity contribution >= 4 is 46.6 Å². The van der Waals surface area contributed by atoms with Crippen molar-refractivity contribution in [1.29, 1.82) is 0 Å². The van der Waals surface area contributed by atoms with Crippen molar-refractivity contribution in [2.75, 3.05) is 44.6 Å². The zero-order chi connectivity index (χ0) is 27.5. The van der Waals surface area contributed by atoms with Crippen LogP contribution >= 0.6 is 23.2 Å². The summed E-state index contributed by atoms with van der Waals surface area (Å²) in [5, 5.41) is 14.6. The van der Waals surface area contributed by atoms with E-state index in [4.69, 9.17) is 23.2 Å². The van der Waals surface area contributed by atoms with Gasteiger partial charge < -0.3 is 20.2 Å². The fourth-order valence-electron chi connectivity index (χ4n) is 5.09. The molecule has 0 saturated carbocycles. The van der Waals surface area contributed by atoms with Crippen LogP contribution in [-0.4, -0.2) is 88.9 Å². The van der Waals surface area contributed by atoms with Gasteiger partial charge in [0.15, 0.2) is 0 Å². The van der Waals surface area contributed by atoms with Gasteiger partial charge in [0.2, 0.25) is 0 Å². The minimum absolute atomic E-state index is 0.0529. The maximum Gasteiger partial charge on any atom is 0.256 e. The number of halogens is 2. The molecule has 3 aromatic rings. The molecule has 0 radical (unpaired) electrons. The van der Waals surface area contributed by atoms with Crippen LogP contribution in [0, 0.1) is 0 Å². The summed E-state index contributed by atoms with van der Waals surface area (Å²) in [6, 6.07) is 20.0. The van der Waals surface area contributed by atoms with Gasteiger partial charge in [-0.25, -0.2) is 0 Å². The summed E-state index contributed by atoms with van der Waals surface area (Å²) in [5.41, 5.74) is 1.66. The Morgan fingerprint density at radius 1 is 0.744 bits per heavy atom. The van der Waals surface area contributed by atoms with Gasteiger partial charge in [-0.05, 0) is 54.6 Å². The standard InChI is InChI=1S/C29H28Cl2N4O4/c30-21-8-6-20(7-9-21)28(38)34-14-12-33(13-15-34)25-17-35(18-26(25)36)29(39)23-11-10-22(31)16-24(23)32-27(37)19-4-2-1-3-5-19/h1-11,16,25-26,36H,12-15,17-18H2,(H,32,37)/t25-,26-/m1/s1. The summed E-state index contributed by atoms with van der Waals surface area (Å²) in [6.07, 6.45) is -0.734. The van der Waals surface area contributed by atoms with E-state index in [9.17, 15) is 19.5 Å². The van der Waals surface area contributed by atoms with E-state index in [0.717, 1.165) is 0 Å². The zero-order valence-corrected chi connectivity index (χ0v) is 22.6. The molecule has 2 fully saturated rings. The Morgan fingerprint density at radius 3 is 2.10 bits per heavy atom. The van der Waals surface area contributed by atoms with Crippen molar-refractivity contribution in [2.45, 2.75) is 12.1 Å². The first kappa shape index (κ1) is 27.1. The molecule has 2 saturated heterocycles. The molecule has 8 nitrogen and oxygen atoms in total. The minimum atomic E-state index is -0.734. The Labute approximate surface area is 236 Å². The van der Waals surface area contributed by atoms with Crippen LogP contribution in [-0.2, 0) is 0 Å². The number of hydrogen-bond donors (Lipinski definition) is 2. The Hall–Kier alpha value is -3.43. The fraction of sp³-hybridized carbons (Fsp3) is 0.276. The van der Waals surface area contributed by atoms with Gasteiger partial charge in [-0.1, -0.05) is 41.4 Å². The first-order chi connectivity index (χ1) is 18.8. The summed E-state index contributed by atoms with van der Waals surface area (Å²) in [5.74, 6) is -0.701. The number of β-amino-alcohol motifs (C(OH)–C–C–N with tert-alkyl or cyclic N) is 1. The normalized spacial score (nSPS) is 19.7. The van der Waals surface area contributed by atoms with E-state index in [1.54, 1.807) is 76.5 Å². The van der Waals surface area contributed by atoms with Gasteiger partial charge in [0.1, 0.15) is 0 Å². The van der Waals surface area contributed by atoms with Gasteiger partial charge in [0.05, 0.1) is 23.4 Å². The van der Waals surface area contributed by atoms with Crippen molar-refractivity contribution in [2.24, 2.45) is 0 Å². The molecule has 2 N–H and O–H groups in total. The number of carbonyl (C=O) groups is 3. The highest BCUT2D eigenvalue weighted by atomic mass is 35.5. The molecule has 202 valence electrons. The summed E-state index contributed by atoms with van der Waals surface area (Å²) in [4.78, 5) is 44.7. The zero-order valence-electron chi connectivity index (χ0n) is 21.1. The molecule has 10 heteroatoms. The number of aliphatic hydroxyl groups is 1. The SMILES string of the molecule is O=C(Nc1cc(Cl)ccc1C(=O)N1C[C@@H](O)[C@H](N2CCN(C(=O)c3ccc(Cl)cc3)CC2)C1)c1ccccc1. The topological polar surface area (TPSA) is 93.2 Å². The lowest BCUT2D eigenvalue weighted by Crippen LogP contribution is -2.54. The molecule has 2 atom stereocenters. The number of hydrogen-bond acceptors (Lipinski definition) is 5. The number of piperazine rings is 1. The number of amides is 3. The molecule has 2 aliphatic heterocycles. The second kappa shape index (κ2) is 11.8. The molecule has 2 heterocycles. The van der Waals surface area contributed by atoms with Gasteiger partial charge in [0, 0.05) is 60.4 Å². The van der Waals surface area contributed by atoms with Crippen molar-refractivity contribution in [3.63, 3.8) is 0 Å². The van der Waals surface area contributed by atoms with Crippen molar-refractivity contribution in [1.82, 2.24) is 14.7 Å². The molecule has 0 aromatic heterocycles. The highest BCUT2D eigenvalue weighted by molar-refractivity contribution is 6.31. The van der Waals surface area contributed by atoms with Crippen LogP contribution in [0.1, 0.15) is 31.1 Å². The first-order valence-corrected chi connectivity index (χ1v) is 13.5. The molecule has 0 spiro atoms. The van der Waals surface area contributed by atoms with Gasteiger partial charge >= 0.3 is 0 Å². The van der Waals surface area contributed by atoms with Crippen LogP contribution in [0.2, 0.25) is 10.0 Å². The van der Waals surface area contributed by atoms with E-state index in [-0.39, 0.29) is 30.3 Å². The predicted octanol–water partition coefficient (Wildman–Crippen LogP) is 3.89. The third-order valence-corrected chi connectivity index (χ3v) is 7.69.